The summed E-state index contributed by atoms with van der Waals surface area (Å²) in [7, 11) is 0. The maximum absolute atomic E-state index is 13.0. The molecule has 1 aliphatic rings. The Morgan fingerprint density at radius 3 is 2.56 bits per heavy atom. The van der Waals surface area contributed by atoms with Crippen LogP contribution >= 0.6 is 11.6 Å². The summed E-state index contributed by atoms with van der Waals surface area (Å²) in [6, 6.07) is 9.11. The lowest BCUT2D eigenvalue weighted by Crippen LogP contribution is -2.51. The van der Waals surface area contributed by atoms with Crippen molar-refractivity contribution >= 4 is 23.4 Å². The second-order valence-corrected chi connectivity index (χ2v) is 7.14. The number of nitrogens with zero attached hydrogens (tertiary/aromatic N) is 1. The van der Waals surface area contributed by atoms with Gasteiger partial charge in [-0.2, -0.15) is 0 Å². The van der Waals surface area contributed by atoms with Gasteiger partial charge in [0.15, 0.2) is 5.78 Å². The Labute approximate surface area is 150 Å². The minimum atomic E-state index is -0.994. The number of pyridine rings is 1. The van der Waals surface area contributed by atoms with Crippen LogP contribution in [0.15, 0.2) is 47.4 Å². The fourth-order valence-corrected chi connectivity index (χ4v) is 3.56. The SMILES string of the molecule is CC(=O)OC1C(n2ccccc2=O)c2cc(Cl)ccc2C(=O)C1(C)C. The average molecular weight is 360 g/mol. The van der Waals surface area contributed by atoms with Crippen LogP contribution < -0.4 is 5.56 Å². The Balaban J connectivity index is 2.33. The zero-order chi connectivity index (χ0) is 18.4. The molecule has 25 heavy (non-hydrogen) atoms. The van der Waals surface area contributed by atoms with E-state index in [0.717, 1.165) is 0 Å². The molecule has 1 aromatic carbocycles. The van der Waals surface area contributed by atoms with Crippen LogP contribution in [0.3, 0.4) is 0 Å². The number of aromatic nitrogens is 1. The molecule has 0 fully saturated rings. The number of ketones is 1. The van der Waals surface area contributed by atoms with Crippen LogP contribution in [0.25, 0.3) is 0 Å². The highest BCUT2D eigenvalue weighted by atomic mass is 35.5. The lowest BCUT2D eigenvalue weighted by molar-refractivity contribution is -0.153. The highest BCUT2D eigenvalue weighted by Gasteiger charge is 2.50. The molecule has 0 bridgehead atoms. The van der Waals surface area contributed by atoms with Gasteiger partial charge in [-0.25, -0.2) is 0 Å². The molecule has 2 atom stereocenters. The van der Waals surface area contributed by atoms with Gasteiger partial charge in [0.1, 0.15) is 12.1 Å². The van der Waals surface area contributed by atoms with E-state index in [2.05, 4.69) is 0 Å². The summed E-state index contributed by atoms with van der Waals surface area (Å²) in [5.41, 5.74) is -0.178. The van der Waals surface area contributed by atoms with Crippen LogP contribution in [0.2, 0.25) is 5.02 Å². The summed E-state index contributed by atoms with van der Waals surface area (Å²) in [5, 5.41) is 0.446. The second kappa shape index (κ2) is 6.15. The quantitative estimate of drug-likeness (QED) is 0.772. The first-order valence-corrected chi connectivity index (χ1v) is 8.30. The summed E-state index contributed by atoms with van der Waals surface area (Å²) in [4.78, 5) is 37.1. The van der Waals surface area contributed by atoms with E-state index in [9.17, 15) is 14.4 Å². The normalized spacial score (nSPS) is 21.5. The Kier molecular flexibility index (Phi) is 4.29. The molecule has 0 N–H and O–H groups in total. The average Bonchev–Trinajstić information content (AvgIpc) is 2.54. The molecule has 2 unspecified atom stereocenters. The Morgan fingerprint density at radius 2 is 1.92 bits per heavy atom. The van der Waals surface area contributed by atoms with Gasteiger partial charge in [0.25, 0.3) is 5.56 Å². The third-order valence-corrected chi connectivity index (χ3v) is 4.84. The van der Waals surface area contributed by atoms with E-state index in [1.807, 2.05) is 0 Å². The van der Waals surface area contributed by atoms with Crippen molar-refractivity contribution in [2.45, 2.75) is 32.9 Å². The van der Waals surface area contributed by atoms with Gasteiger partial charge in [-0.15, -0.1) is 0 Å². The molecule has 0 amide bonds. The van der Waals surface area contributed by atoms with E-state index in [1.165, 1.54) is 17.6 Å². The van der Waals surface area contributed by atoms with Crippen molar-refractivity contribution in [2.24, 2.45) is 5.41 Å². The van der Waals surface area contributed by atoms with Crippen molar-refractivity contribution in [1.82, 2.24) is 4.57 Å². The largest absolute Gasteiger partial charge is 0.459 e. The van der Waals surface area contributed by atoms with Crippen LogP contribution in [0, 0.1) is 5.41 Å². The number of halogens is 1. The summed E-state index contributed by atoms with van der Waals surface area (Å²) in [6.07, 6.45) is 0.795. The lowest BCUT2D eigenvalue weighted by atomic mass is 9.68. The zero-order valence-corrected chi connectivity index (χ0v) is 14.9. The molecule has 5 nitrogen and oxygen atoms in total. The molecule has 2 aromatic rings. The van der Waals surface area contributed by atoms with Crippen LogP contribution in [0.5, 0.6) is 0 Å². The van der Waals surface area contributed by atoms with Crippen molar-refractivity contribution in [3.05, 3.63) is 69.1 Å². The van der Waals surface area contributed by atoms with Gasteiger partial charge in [-0.1, -0.05) is 17.7 Å². The van der Waals surface area contributed by atoms with Crippen LogP contribution in [0.4, 0.5) is 0 Å². The van der Waals surface area contributed by atoms with Gasteiger partial charge in [-0.3, -0.25) is 14.4 Å². The molecule has 130 valence electrons. The van der Waals surface area contributed by atoms with E-state index in [-0.39, 0.29) is 11.3 Å². The Morgan fingerprint density at radius 1 is 1.20 bits per heavy atom. The number of fused-ring (bicyclic) bond motifs is 1. The number of carbonyl (C=O) groups is 2. The number of hydrogen-bond donors (Lipinski definition) is 0. The fraction of sp³-hybridized carbons (Fsp3) is 0.316. The van der Waals surface area contributed by atoms with E-state index in [4.69, 9.17) is 16.3 Å². The molecular weight excluding hydrogens is 342 g/mol. The molecule has 0 radical (unpaired) electrons. The summed E-state index contributed by atoms with van der Waals surface area (Å²) < 4.78 is 7.02. The molecule has 0 saturated heterocycles. The van der Waals surface area contributed by atoms with Gasteiger partial charge in [0.2, 0.25) is 0 Å². The van der Waals surface area contributed by atoms with Gasteiger partial charge >= 0.3 is 5.97 Å². The van der Waals surface area contributed by atoms with E-state index >= 15 is 0 Å². The molecule has 0 spiro atoms. The van der Waals surface area contributed by atoms with Crippen molar-refractivity contribution in [3.8, 4) is 0 Å². The first-order valence-electron chi connectivity index (χ1n) is 7.92. The molecule has 1 aromatic heterocycles. The smallest absolute Gasteiger partial charge is 0.303 e. The number of carbonyl (C=O) groups excluding carboxylic acids is 2. The maximum atomic E-state index is 13.0. The predicted octanol–water partition coefficient (Wildman–Crippen LogP) is 3.25. The van der Waals surface area contributed by atoms with Crippen LogP contribution in [-0.2, 0) is 9.53 Å². The lowest BCUT2D eigenvalue weighted by Gasteiger charge is -2.43. The Bertz CT molecular complexity index is 916. The zero-order valence-electron chi connectivity index (χ0n) is 14.2. The number of rotatable bonds is 2. The highest BCUT2D eigenvalue weighted by molar-refractivity contribution is 6.30. The third kappa shape index (κ3) is 2.89. The van der Waals surface area contributed by atoms with Gasteiger partial charge in [0.05, 0.1) is 5.41 Å². The van der Waals surface area contributed by atoms with Crippen molar-refractivity contribution < 1.29 is 14.3 Å². The maximum Gasteiger partial charge on any atom is 0.303 e. The number of ether oxygens (including phenoxy) is 1. The topological polar surface area (TPSA) is 65.4 Å². The summed E-state index contributed by atoms with van der Waals surface area (Å²) in [6.45, 7) is 4.74. The number of Topliss-reactive ketones (excluding diaryl/α,β-unsaturated/α-hetero) is 1. The Hall–Kier alpha value is -2.40. The summed E-state index contributed by atoms with van der Waals surface area (Å²) >= 11 is 6.14. The van der Waals surface area contributed by atoms with Crippen molar-refractivity contribution in [2.75, 3.05) is 0 Å². The van der Waals surface area contributed by atoms with E-state index < -0.39 is 23.5 Å². The van der Waals surface area contributed by atoms with Crippen LogP contribution in [-0.4, -0.2) is 22.4 Å². The molecule has 0 saturated carbocycles. The highest BCUT2D eigenvalue weighted by Crippen LogP contribution is 2.45. The molecule has 0 aliphatic heterocycles. The van der Waals surface area contributed by atoms with Crippen LogP contribution in [0.1, 0.15) is 42.7 Å². The molecule has 3 rings (SSSR count). The first-order chi connectivity index (χ1) is 11.7. The molecule has 6 heteroatoms. The molecular formula is C19H18ClNO4. The van der Waals surface area contributed by atoms with Gasteiger partial charge in [-0.05, 0) is 43.7 Å². The van der Waals surface area contributed by atoms with E-state index in [1.54, 1.807) is 50.4 Å². The standard InChI is InChI=1S/C19H18ClNO4/c1-11(22)25-18-16(21-9-5-4-6-15(21)23)14-10-12(20)7-8-13(14)17(24)19(18,2)3/h4-10,16,18H,1-3H3. The third-order valence-electron chi connectivity index (χ3n) is 4.60. The first kappa shape index (κ1) is 17.4. The van der Waals surface area contributed by atoms with Gasteiger partial charge in [0, 0.05) is 29.8 Å². The van der Waals surface area contributed by atoms with Gasteiger partial charge < -0.3 is 9.30 Å². The minimum Gasteiger partial charge on any atom is -0.459 e. The van der Waals surface area contributed by atoms with Crippen molar-refractivity contribution in [1.29, 1.82) is 0 Å². The monoisotopic (exact) mass is 359 g/mol. The number of hydrogen-bond acceptors (Lipinski definition) is 4. The number of benzene rings is 1. The minimum absolute atomic E-state index is 0.148. The molecule has 1 heterocycles. The molecule has 1 aliphatic carbocycles. The summed E-state index contributed by atoms with van der Waals surface area (Å²) in [5.74, 6) is -0.657. The second-order valence-electron chi connectivity index (χ2n) is 6.70. The van der Waals surface area contributed by atoms with Crippen molar-refractivity contribution in [3.63, 3.8) is 0 Å². The predicted molar refractivity (Wildman–Crippen MR) is 94.0 cm³/mol. The van der Waals surface area contributed by atoms with E-state index in [0.29, 0.717) is 16.1 Å². The fourth-order valence-electron chi connectivity index (χ4n) is 3.38. The number of esters is 1.